The maximum absolute atomic E-state index is 12.9. The van der Waals surface area contributed by atoms with Crippen molar-refractivity contribution >= 4 is 13.7 Å². The smallest absolute Gasteiger partial charge is 0.387 e. The summed E-state index contributed by atoms with van der Waals surface area (Å²) in [4.78, 5) is 23.2. The first-order valence-electron chi connectivity index (χ1n) is 24.9. The Morgan fingerprint density at radius 1 is 0.576 bits per heavy atom. The fraction of sp³-hybridized carbons (Fsp3) is 0.860. The second kappa shape index (κ2) is 42.0. The van der Waals surface area contributed by atoms with Gasteiger partial charge in [0, 0.05) is 6.42 Å². The molecule has 0 aliphatic rings. The molecule has 0 aromatic carbocycles. The highest BCUT2D eigenvalue weighted by atomic mass is 31.2. The zero-order valence-electron chi connectivity index (χ0n) is 39.5. The van der Waals surface area contributed by atoms with Gasteiger partial charge in [-0.15, -0.1) is 0 Å². The molecule has 0 fully saturated rings. The molecule has 0 aromatic rings. The van der Waals surface area contributed by atoms with E-state index < -0.39 is 20.0 Å². The molecule has 348 valence electrons. The van der Waals surface area contributed by atoms with Crippen LogP contribution in [0.15, 0.2) is 36.5 Å². The minimum absolute atomic E-state index is 0.0597. The monoisotopic (exact) mass is 854 g/mol. The number of hydrogen-bond acceptors (Lipinski definition) is 5. The number of carbonyl (C=O) groups is 1. The lowest BCUT2D eigenvalue weighted by Gasteiger charge is -2.25. The Kier molecular flexibility index (Phi) is 41.1. The first-order chi connectivity index (χ1) is 28.5. The van der Waals surface area contributed by atoms with Crippen LogP contribution in [0.2, 0.25) is 0 Å². The number of aliphatic hydroxyl groups excluding tert-OH is 1. The fourth-order valence-electron chi connectivity index (χ4n) is 7.13. The predicted molar refractivity (Wildman–Crippen MR) is 254 cm³/mol. The number of aliphatic hydroxyl groups is 1. The Hall–Kier alpha value is -1.28. The van der Waals surface area contributed by atoms with Crippen LogP contribution in [0.1, 0.15) is 226 Å². The third-order valence-electron chi connectivity index (χ3n) is 11.1. The number of allylic oxidation sites excluding steroid dienone is 5. The van der Waals surface area contributed by atoms with Gasteiger partial charge in [0.25, 0.3) is 0 Å². The van der Waals surface area contributed by atoms with Crippen LogP contribution in [0.5, 0.6) is 0 Å². The van der Waals surface area contributed by atoms with E-state index in [4.69, 9.17) is 9.05 Å². The molecule has 3 atom stereocenters. The van der Waals surface area contributed by atoms with E-state index in [2.05, 4.69) is 43.5 Å². The lowest BCUT2D eigenvalue weighted by molar-refractivity contribution is -0.870. The van der Waals surface area contributed by atoms with E-state index in [-0.39, 0.29) is 19.1 Å². The highest BCUT2D eigenvalue weighted by Gasteiger charge is 2.27. The molecule has 0 rings (SSSR count). The van der Waals surface area contributed by atoms with Crippen LogP contribution in [-0.2, 0) is 18.4 Å². The number of hydrogen-bond donors (Lipinski definition) is 3. The van der Waals surface area contributed by atoms with Gasteiger partial charge in [0.05, 0.1) is 39.9 Å². The summed E-state index contributed by atoms with van der Waals surface area (Å²) in [5, 5.41) is 13.8. The van der Waals surface area contributed by atoms with Crippen molar-refractivity contribution in [2.75, 3.05) is 40.9 Å². The number of amides is 1. The molecule has 3 N–H and O–H groups in total. The second-order valence-corrected chi connectivity index (χ2v) is 19.6. The number of nitrogens with one attached hydrogen (secondary N) is 1. The third-order valence-corrected chi connectivity index (χ3v) is 12.1. The molecule has 0 radical (unpaired) electrons. The minimum atomic E-state index is -4.34. The SMILES string of the molecule is CCCCCCCCCCC/C=C\C/C=C\CCCCCCCCCC(=O)NC(COP(=O)(O)OCC[N+](C)(C)C)C(O)/C=C/CCCCCCCCCCCCCC. The first-order valence-corrected chi connectivity index (χ1v) is 26.4. The highest BCUT2D eigenvalue weighted by molar-refractivity contribution is 7.47. The van der Waals surface area contributed by atoms with Crippen LogP contribution >= 0.6 is 7.82 Å². The summed E-state index contributed by atoms with van der Waals surface area (Å²) in [6, 6.07) is -0.849. The summed E-state index contributed by atoms with van der Waals surface area (Å²) in [5.74, 6) is -0.184. The summed E-state index contributed by atoms with van der Waals surface area (Å²) >= 11 is 0. The Morgan fingerprint density at radius 3 is 1.39 bits per heavy atom. The normalized spacial score (nSPS) is 14.5. The van der Waals surface area contributed by atoms with E-state index in [9.17, 15) is 19.4 Å². The van der Waals surface area contributed by atoms with Crippen molar-refractivity contribution in [3.05, 3.63) is 36.5 Å². The highest BCUT2D eigenvalue weighted by Crippen LogP contribution is 2.43. The molecule has 0 aliphatic carbocycles. The zero-order chi connectivity index (χ0) is 43.6. The van der Waals surface area contributed by atoms with Gasteiger partial charge in [-0.2, -0.15) is 0 Å². The van der Waals surface area contributed by atoms with Gasteiger partial charge in [-0.1, -0.05) is 204 Å². The number of likely N-dealkylation sites (N-methyl/N-ethyl adjacent to an activating group) is 1. The van der Waals surface area contributed by atoms with Gasteiger partial charge in [0.1, 0.15) is 13.2 Å². The van der Waals surface area contributed by atoms with E-state index in [0.717, 1.165) is 51.4 Å². The Bertz CT molecular complexity index is 1060. The number of carbonyl (C=O) groups excluding carboxylic acids is 1. The first kappa shape index (κ1) is 57.7. The van der Waals surface area contributed by atoms with E-state index in [1.54, 1.807) is 6.08 Å². The number of phosphoric acid groups is 1. The Morgan fingerprint density at radius 2 is 0.966 bits per heavy atom. The third kappa shape index (κ3) is 44.6. The average Bonchev–Trinajstić information content (AvgIpc) is 3.19. The largest absolute Gasteiger partial charge is 0.472 e. The molecule has 0 heterocycles. The summed E-state index contributed by atoms with van der Waals surface area (Å²) in [6.45, 7) is 4.81. The van der Waals surface area contributed by atoms with E-state index in [1.165, 1.54) is 154 Å². The molecule has 59 heavy (non-hydrogen) atoms. The van der Waals surface area contributed by atoms with Crippen LogP contribution in [0, 0.1) is 0 Å². The van der Waals surface area contributed by atoms with Crippen LogP contribution < -0.4 is 5.32 Å². The average molecular weight is 854 g/mol. The molecule has 8 nitrogen and oxygen atoms in total. The molecule has 9 heteroatoms. The number of quaternary nitrogens is 1. The number of nitrogens with zero attached hydrogens (tertiary/aromatic N) is 1. The molecule has 3 unspecified atom stereocenters. The summed E-state index contributed by atoms with van der Waals surface area (Å²) in [6.07, 6.45) is 52.2. The van der Waals surface area contributed by atoms with E-state index >= 15 is 0 Å². The van der Waals surface area contributed by atoms with Gasteiger partial charge in [-0.05, 0) is 51.4 Å². The number of rotatable bonds is 45. The Balaban J connectivity index is 4.30. The molecule has 0 spiro atoms. The lowest BCUT2D eigenvalue weighted by Crippen LogP contribution is -2.45. The van der Waals surface area contributed by atoms with Gasteiger partial charge < -0.3 is 19.8 Å². The molecule has 0 bridgehead atoms. The maximum atomic E-state index is 12.9. The summed E-state index contributed by atoms with van der Waals surface area (Å²) in [5.41, 5.74) is 0. The molecular weight excluding hydrogens is 756 g/mol. The fourth-order valence-corrected chi connectivity index (χ4v) is 7.87. The van der Waals surface area contributed by atoms with Crippen molar-refractivity contribution in [3.63, 3.8) is 0 Å². The van der Waals surface area contributed by atoms with Crippen LogP contribution in [0.4, 0.5) is 0 Å². The molecular formula is C50H98N2O6P+. The van der Waals surface area contributed by atoms with Crippen molar-refractivity contribution in [2.45, 2.75) is 238 Å². The Labute approximate surface area is 366 Å². The van der Waals surface area contributed by atoms with Gasteiger partial charge in [-0.25, -0.2) is 4.57 Å². The van der Waals surface area contributed by atoms with Crippen molar-refractivity contribution in [1.82, 2.24) is 5.32 Å². The molecule has 0 aromatic heterocycles. The summed E-state index contributed by atoms with van der Waals surface area (Å²) < 4.78 is 23.6. The van der Waals surface area contributed by atoms with Crippen molar-refractivity contribution in [1.29, 1.82) is 0 Å². The standard InChI is InChI=1S/C50H97N2O6P/c1-6-8-10-12-14-16-18-20-22-23-24-25-26-27-28-29-30-32-34-36-38-40-42-44-50(54)51-48(47-58-59(55,56)57-46-45-52(3,4)5)49(53)43-41-39-37-35-33-31-21-19-17-15-13-11-9-7-2/h24-25,27-28,41,43,48-49,53H,6-23,26,29-40,42,44-47H2,1-5H3,(H-,51,54,55,56)/p+1/b25-24-,28-27-,43-41+. The lowest BCUT2D eigenvalue weighted by atomic mass is 10.0. The zero-order valence-corrected chi connectivity index (χ0v) is 40.4. The van der Waals surface area contributed by atoms with Crippen LogP contribution in [-0.4, -0.2) is 73.4 Å². The van der Waals surface area contributed by atoms with Gasteiger partial charge >= 0.3 is 7.82 Å². The molecule has 1 amide bonds. The number of unbranched alkanes of at least 4 members (excludes halogenated alkanes) is 28. The van der Waals surface area contributed by atoms with E-state index in [0.29, 0.717) is 17.4 Å². The van der Waals surface area contributed by atoms with Gasteiger partial charge in [0.15, 0.2) is 0 Å². The molecule has 0 aliphatic heterocycles. The number of phosphoric ester groups is 1. The minimum Gasteiger partial charge on any atom is -0.387 e. The van der Waals surface area contributed by atoms with Gasteiger partial charge in [-0.3, -0.25) is 13.8 Å². The van der Waals surface area contributed by atoms with Crippen molar-refractivity contribution in [2.24, 2.45) is 0 Å². The predicted octanol–water partition coefficient (Wildman–Crippen LogP) is 14.3. The molecule has 0 saturated carbocycles. The summed E-state index contributed by atoms with van der Waals surface area (Å²) in [7, 11) is 1.57. The van der Waals surface area contributed by atoms with Crippen molar-refractivity contribution in [3.8, 4) is 0 Å². The van der Waals surface area contributed by atoms with E-state index in [1.807, 2.05) is 27.2 Å². The second-order valence-electron chi connectivity index (χ2n) is 18.2. The van der Waals surface area contributed by atoms with Crippen molar-refractivity contribution < 1.29 is 32.9 Å². The topological polar surface area (TPSA) is 105 Å². The quantitative estimate of drug-likeness (QED) is 0.0244. The molecule has 0 saturated heterocycles. The van der Waals surface area contributed by atoms with Crippen LogP contribution in [0.3, 0.4) is 0 Å². The maximum Gasteiger partial charge on any atom is 0.472 e. The van der Waals surface area contributed by atoms with Crippen LogP contribution in [0.25, 0.3) is 0 Å². The van der Waals surface area contributed by atoms with Gasteiger partial charge in [0.2, 0.25) is 5.91 Å².